The SMILES string of the molecule is CCS(=O)(=O)c1cccc(C(=O)N(Cc2ccco2)c2nc3c(OC)ccc(OC)c3s2)c1. The highest BCUT2D eigenvalue weighted by molar-refractivity contribution is 7.91. The highest BCUT2D eigenvalue weighted by Crippen LogP contribution is 2.40. The maximum Gasteiger partial charge on any atom is 0.260 e. The van der Waals surface area contributed by atoms with Gasteiger partial charge in [0.25, 0.3) is 5.91 Å². The molecule has 8 nitrogen and oxygen atoms in total. The number of sulfone groups is 1. The standard InChI is InChI=1S/C23H22N2O6S2/c1-4-33(27,28)17-9-5-7-15(13-17)22(26)25(14-16-8-6-12-31-16)23-24-20-18(29-2)10-11-19(30-3)21(20)32-23/h5-13H,4,14H2,1-3H3. The van der Waals surface area contributed by atoms with Crippen LogP contribution in [-0.4, -0.2) is 39.3 Å². The molecule has 0 unspecified atom stereocenters. The zero-order chi connectivity index (χ0) is 23.6. The number of carbonyl (C=O) groups excluding carboxylic acids is 1. The van der Waals surface area contributed by atoms with Crippen molar-refractivity contribution in [2.24, 2.45) is 0 Å². The van der Waals surface area contributed by atoms with E-state index in [4.69, 9.17) is 13.9 Å². The number of aromatic nitrogens is 1. The van der Waals surface area contributed by atoms with E-state index in [9.17, 15) is 13.2 Å². The Bertz CT molecular complexity index is 1350. The van der Waals surface area contributed by atoms with Crippen molar-refractivity contribution in [2.75, 3.05) is 24.9 Å². The van der Waals surface area contributed by atoms with Crippen LogP contribution >= 0.6 is 11.3 Å². The van der Waals surface area contributed by atoms with Gasteiger partial charge in [-0.05, 0) is 42.5 Å². The minimum atomic E-state index is -3.47. The fourth-order valence-electron chi connectivity index (χ4n) is 3.32. The number of ether oxygens (including phenoxy) is 2. The molecular formula is C23H22N2O6S2. The van der Waals surface area contributed by atoms with Gasteiger partial charge in [0.2, 0.25) is 0 Å². The van der Waals surface area contributed by atoms with E-state index in [0.29, 0.717) is 27.9 Å². The van der Waals surface area contributed by atoms with Crippen molar-refractivity contribution in [1.82, 2.24) is 4.98 Å². The second-order valence-electron chi connectivity index (χ2n) is 7.05. The van der Waals surface area contributed by atoms with Gasteiger partial charge in [0.15, 0.2) is 15.0 Å². The number of hydrogen-bond donors (Lipinski definition) is 0. The van der Waals surface area contributed by atoms with Gasteiger partial charge in [0.1, 0.15) is 27.5 Å². The molecule has 0 aliphatic rings. The second kappa shape index (κ2) is 9.24. The molecule has 2 aromatic carbocycles. The van der Waals surface area contributed by atoms with Crippen LogP contribution in [0.15, 0.2) is 64.1 Å². The molecule has 2 heterocycles. The van der Waals surface area contributed by atoms with E-state index >= 15 is 0 Å². The number of methoxy groups -OCH3 is 2. The highest BCUT2D eigenvalue weighted by Gasteiger charge is 2.26. The minimum absolute atomic E-state index is 0.0573. The molecule has 0 saturated carbocycles. The van der Waals surface area contributed by atoms with Crippen molar-refractivity contribution in [1.29, 1.82) is 0 Å². The van der Waals surface area contributed by atoms with Gasteiger partial charge in [-0.1, -0.05) is 24.3 Å². The summed E-state index contributed by atoms with van der Waals surface area (Å²) in [4.78, 5) is 19.8. The van der Waals surface area contributed by atoms with Crippen LogP contribution in [0.2, 0.25) is 0 Å². The van der Waals surface area contributed by atoms with Gasteiger partial charge in [-0.15, -0.1) is 0 Å². The third-order valence-corrected chi connectivity index (χ3v) is 7.91. The fourth-order valence-corrected chi connectivity index (χ4v) is 5.32. The van der Waals surface area contributed by atoms with Gasteiger partial charge in [0.05, 0.1) is 37.7 Å². The van der Waals surface area contributed by atoms with E-state index in [0.717, 1.165) is 4.70 Å². The molecule has 0 atom stereocenters. The first-order valence-corrected chi connectivity index (χ1v) is 12.5. The van der Waals surface area contributed by atoms with Gasteiger partial charge >= 0.3 is 0 Å². The van der Waals surface area contributed by atoms with Crippen molar-refractivity contribution < 1.29 is 27.1 Å². The van der Waals surface area contributed by atoms with Crippen LogP contribution in [0.25, 0.3) is 10.2 Å². The van der Waals surface area contributed by atoms with Crippen molar-refractivity contribution in [3.8, 4) is 11.5 Å². The molecule has 4 aromatic rings. The zero-order valence-electron chi connectivity index (χ0n) is 18.3. The molecule has 4 rings (SSSR count). The Hall–Kier alpha value is -3.37. The van der Waals surface area contributed by atoms with Crippen LogP contribution < -0.4 is 14.4 Å². The van der Waals surface area contributed by atoms with Gasteiger partial charge in [-0.25, -0.2) is 13.4 Å². The van der Waals surface area contributed by atoms with Gasteiger partial charge in [0, 0.05) is 5.56 Å². The number of carbonyl (C=O) groups is 1. The summed E-state index contributed by atoms with van der Waals surface area (Å²) >= 11 is 1.27. The molecule has 0 N–H and O–H groups in total. The monoisotopic (exact) mass is 486 g/mol. The third-order valence-electron chi connectivity index (χ3n) is 5.09. The lowest BCUT2D eigenvalue weighted by atomic mass is 10.2. The maximum absolute atomic E-state index is 13.6. The van der Waals surface area contributed by atoms with Crippen molar-refractivity contribution in [3.63, 3.8) is 0 Å². The van der Waals surface area contributed by atoms with E-state index in [1.165, 1.54) is 34.6 Å². The van der Waals surface area contributed by atoms with Crippen LogP contribution in [0.3, 0.4) is 0 Å². The summed E-state index contributed by atoms with van der Waals surface area (Å²) in [5, 5.41) is 0.401. The smallest absolute Gasteiger partial charge is 0.260 e. The summed E-state index contributed by atoms with van der Waals surface area (Å²) in [7, 11) is -0.359. The van der Waals surface area contributed by atoms with Crippen LogP contribution in [0, 0.1) is 0 Å². The molecule has 2 aromatic heterocycles. The number of hydrogen-bond acceptors (Lipinski definition) is 8. The summed E-state index contributed by atoms with van der Waals surface area (Å²) in [6, 6.07) is 13.0. The van der Waals surface area contributed by atoms with Crippen molar-refractivity contribution in [3.05, 3.63) is 66.1 Å². The minimum Gasteiger partial charge on any atom is -0.495 e. The molecule has 0 spiro atoms. The molecule has 0 radical (unpaired) electrons. The lowest BCUT2D eigenvalue weighted by Gasteiger charge is -2.19. The van der Waals surface area contributed by atoms with E-state index in [1.54, 1.807) is 57.5 Å². The van der Waals surface area contributed by atoms with Gasteiger partial charge in [-0.3, -0.25) is 9.69 Å². The number of anilines is 1. The third kappa shape index (κ3) is 4.44. The van der Waals surface area contributed by atoms with Gasteiger partial charge in [-0.2, -0.15) is 0 Å². The van der Waals surface area contributed by atoms with Crippen LogP contribution in [0.1, 0.15) is 23.0 Å². The van der Waals surface area contributed by atoms with E-state index < -0.39 is 15.7 Å². The first-order chi connectivity index (χ1) is 15.9. The Morgan fingerprint density at radius 1 is 1.09 bits per heavy atom. The Kier molecular flexibility index (Phi) is 6.39. The largest absolute Gasteiger partial charge is 0.495 e. The first-order valence-electron chi connectivity index (χ1n) is 10.1. The molecular weight excluding hydrogens is 464 g/mol. The lowest BCUT2D eigenvalue weighted by molar-refractivity contribution is 0.0983. The number of benzene rings is 2. The van der Waals surface area contributed by atoms with Gasteiger partial charge < -0.3 is 13.9 Å². The maximum atomic E-state index is 13.6. The average Bonchev–Trinajstić information content (AvgIpc) is 3.51. The van der Waals surface area contributed by atoms with Crippen LogP contribution in [0.4, 0.5) is 5.13 Å². The molecule has 0 bridgehead atoms. The summed E-state index contributed by atoms with van der Waals surface area (Å²) in [6.45, 7) is 1.68. The van der Waals surface area contributed by atoms with E-state index in [1.807, 2.05) is 0 Å². The fraction of sp³-hybridized carbons (Fsp3) is 0.217. The summed E-state index contributed by atoms with van der Waals surface area (Å²) in [5.41, 5.74) is 0.797. The highest BCUT2D eigenvalue weighted by atomic mass is 32.2. The summed E-state index contributed by atoms with van der Waals surface area (Å²) in [6.07, 6.45) is 1.52. The number of fused-ring (bicyclic) bond motifs is 1. The Morgan fingerprint density at radius 2 is 1.85 bits per heavy atom. The van der Waals surface area contributed by atoms with Crippen LogP contribution in [0.5, 0.6) is 11.5 Å². The number of furan rings is 1. The van der Waals surface area contributed by atoms with Crippen molar-refractivity contribution in [2.45, 2.75) is 18.4 Å². The quantitative estimate of drug-likeness (QED) is 0.360. The topological polar surface area (TPSA) is 98.9 Å². The molecule has 172 valence electrons. The Labute approximate surface area is 195 Å². The zero-order valence-corrected chi connectivity index (χ0v) is 19.9. The summed E-state index contributed by atoms with van der Waals surface area (Å²) < 4.78 is 41.8. The molecule has 0 aliphatic carbocycles. The lowest BCUT2D eigenvalue weighted by Crippen LogP contribution is -2.30. The average molecular weight is 487 g/mol. The molecule has 0 aliphatic heterocycles. The normalized spacial score (nSPS) is 11.5. The predicted molar refractivity (Wildman–Crippen MR) is 126 cm³/mol. The van der Waals surface area contributed by atoms with Crippen molar-refractivity contribution >= 4 is 42.4 Å². The Morgan fingerprint density at radius 3 is 2.52 bits per heavy atom. The van der Waals surface area contributed by atoms with E-state index in [2.05, 4.69) is 4.98 Å². The van der Waals surface area contributed by atoms with E-state index in [-0.39, 0.29) is 22.8 Å². The predicted octanol–water partition coefficient (Wildman–Crippen LogP) is 4.55. The number of thiazole rings is 1. The molecule has 1 amide bonds. The number of nitrogens with zero attached hydrogens (tertiary/aromatic N) is 2. The molecule has 0 fully saturated rings. The molecule has 0 saturated heterocycles. The summed E-state index contributed by atoms with van der Waals surface area (Å²) in [5.74, 6) is 1.25. The van der Waals surface area contributed by atoms with Crippen LogP contribution in [-0.2, 0) is 16.4 Å². The Balaban J connectivity index is 1.83. The molecule has 10 heteroatoms. The number of amides is 1. The first kappa shape index (κ1) is 22.8. The second-order valence-corrected chi connectivity index (χ2v) is 10.3. The number of rotatable bonds is 8. The molecule has 33 heavy (non-hydrogen) atoms.